The zero-order chi connectivity index (χ0) is 14.2. The van der Waals surface area contributed by atoms with Gasteiger partial charge in [0.2, 0.25) is 0 Å². The van der Waals surface area contributed by atoms with Gasteiger partial charge in [-0.2, -0.15) is 5.10 Å². The Hall–Kier alpha value is -1.94. The number of rotatable bonds is 5. The maximum Gasteiger partial charge on any atom is 0.271 e. The topological polar surface area (TPSA) is 41.5 Å². The van der Waals surface area contributed by atoms with Crippen molar-refractivity contribution < 1.29 is 4.79 Å². The number of amides is 1. The quantitative estimate of drug-likeness (QED) is 0.657. The lowest BCUT2D eigenvalue weighted by Crippen LogP contribution is -2.17. The van der Waals surface area contributed by atoms with Crippen LogP contribution in [0, 0.1) is 0 Å². The molecule has 0 aliphatic heterocycles. The number of carbonyl (C=O) groups is 1. The first-order valence-corrected chi connectivity index (χ1v) is 7.16. The number of benzene rings is 2. The zero-order valence-corrected chi connectivity index (χ0v) is 12.5. The van der Waals surface area contributed by atoms with Crippen LogP contribution in [0.5, 0.6) is 0 Å². The van der Waals surface area contributed by atoms with E-state index < -0.39 is 0 Å². The number of aryl methyl sites for hydroxylation is 1. The SMILES string of the molecule is O=C(NN=CCCc1ccccc1)c1ccc(Br)cc1. The van der Waals surface area contributed by atoms with Gasteiger partial charge in [-0.25, -0.2) is 5.43 Å². The number of nitrogens with zero attached hydrogens (tertiary/aromatic N) is 1. The molecule has 102 valence electrons. The van der Waals surface area contributed by atoms with Crippen LogP contribution in [0.3, 0.4) is 0 Å². The van der Waals surface area contributed by atoms with Crippen LogP contribution in [0.25, 0.3) is 0 Å². The Kier molecular flexibility index (Phi) is 5.50. The average molecular weight is 331 g/mol. The number of hydrazone groups is 1. The third kappa shape index (κ3) is 4.63. The molecule has 2 aromatic rings. The molecule has 0 atom stereocenters. The Balaban J connectivity index is 1.76. The molecule has 0 aliphatic rings. The number of nitrogens with one attached hydrogen (secondary N) is 1. The zero-order valence-electron chi connectivity index (χ0n) is 10.9. The minimum Gasteiger partial charge on any atom is -0.267 e. The molecule has 0 spiro atoms. The summed E-state index contributed by atoms with van der Waals surface area (Å²) in [7, 11) is 0. The van der Waals surface area contributed by atoms with Crippen molar-refractivity contribution in [1.29, 1.82) is 0 Å². The smallest absolute Gasteiger partial charge is 0.267 e. The standard InChI is InChI=1S/C16H15BrN2O/c17-15-10-8-14(9-11-15)16(20)19-18-12-4-7-13-5-2-1-3-6-13/h1-3,5-6,8-12H,4,7H2,(H,19,20). The van der Waals surface area contributed by atoms with Crippen LogP contribution in [0.15, 0.2) is 64.2 Å². The molecule has 3 nitrogen and oxygen atoms in total. The fraction of sp³-hybridized carbons (Fsp3) is 0.125. The van der Waals surface area contributed by atoms with Gasteiger partial charge in [-0.15, -0.1) is 0 Å². The second-order valence-corrected chi connectivity index (χ2v) is 5.20. The summed E-state index contributed by atoms with van der Waals surface area (Å²) in [4.78, 5) is 11.7. The van der Waals surface area contributed by atoms with Crippen LogP contribution in [0.1, 0.15) is 22.3 Å². The summed E-state index contributed by atoms with van der Waals surface area (Å²) in [5, 5.41) is 3.95. The van der Waals surface area contributed by atoms with E-state index in [0.717, 1.165) is 17.3 Å². The molecule has 0 unspecified atom stereocenters. The Morgan fingerprint density at radius 1 is 1.10 bits per heavy atom. The molecule has 20 heavy (non-hydrogen) atoms. The summed E-state index contributed by atoms with van der Waals surface area (Å²) >= 11 is 3.33. The normalized spacial score (nSPS) is 10.7. The molecular weight excluding hydrogens is 316 g/mol. The van der Waals surface area contributed by atoms with Crippen LogP contribution in [0.2, 0.25) is 0 Å². The highest BCUT2D eigenvalue weighted by Crippen LogP contribution is 2.10. The highest BCUT2D eigenvalue weighted by molar-refractivity contribution is 9.10. The first-order valence-electron chi connectivity index (χ1n) is 6.37. The third-order valence-electron chi connectivity index (χ3n) is 2.77. The monoisotopic (exact) mass is 330 g/mol. The van der Waals surface area contributed by atoms with Gasteiger partial charge in [0, 0.05) is 16.3 Å². The molecule has 0 fully saturated rings. The van der Waals surface area contributed by atoms with E-state index in [1.165, 1.54) is 5.56 Å². The molecular formula is C16H15BrN2O. The van der Waals surface area contributed by atoms with E-state index in [-0.39, 0.29) is 5.91 Å². The fourth-order valence-electron chi connectivity index (χ4n) is 1.71. The van der Waals surface area contributed by atoms with Crippen molar-refractivity contribution in [3.63, 3.8) is 0 Å². The average Bonchev–Trinajstić information content (AvgIpc) is 2.48. The largest absolute Gasteiger partial charge is 0.271 e. The molecule has 0 saturated carbocycles. The molecule has 0 aromatic heterocycles. The molecule has 0 bridgehead atoms. The van der Waals surface area contributed by atoms with Gasteiger partial charge < -0.3 is 0 Å². The van der Waals surface area contributed by atoms with Gasteiger partial charge in [0.25, 0.3) is 5.91 Å². The predicted molar refractivity (Wildman–Crippen MR) is 84.9 cm³/mol. The molecule has 2 aromatic carbocycles. The lowest BCUT2D eigenvalue weighted by molar-refractivity contribution is 0.0955. The summed E-state index contributed by atoms with van der Waals surface area (Å²) in [6, 6.07) is 17.3. The van der Waals surface area contributed by atoms with Crippen molar-refractivity contribution in [2.24, 2.45) is 5.10 Å². The second-order valence-electron chi connectivity index (χ2n) is 4.28. The minimum absolute atomic E-state index is 0.200. The van der Waals surface area contributed by atoms with Gasteiger partial charge >= 0.3 is 0 Å². The maximum absolute atomic E-state index is 11.7. The molecule has 4 heteroatoms. The lowest BCUT2D eigenvalue weighted by Gasteiger charge is -2.00. The van der Waals surface area contributed by atoms with Crippen LogP contribution in [-0.4, -0.2) is 12.1 Å². The van der Waals surface area contributed by atoms with Crippen LogP contribution >= 0.6 is 15.9 Å². The van der Waals surface area contributed by atoms with Gasteiger partial charge in [-0.05, 0) is 42.7 Å². The van der Waals surface area contributed by atoms with Crippen molar-refractivity contribution in [1.82, 2.24) is 5.43 Å². The lowest BCUT2D eigenvalue weighted by atomic mass is 10.1. The summed E-state index contributed by atoms with van der Waals surface area (Å²) in [6.45, 7) is 0. The molecule has 0 aliphatic carbocycles. The van der Waals surface area contributed by atoms with Gasteiger partial charge in [0.05, 0.1) is 0 Å². The number of hydrogen-bond donors (Lipinski definition) is 1. The molecule has 1 amide bonds. The van der Waals surface area contributed by atoms with E-state index >= 15 is 0 Å². The summed E-state index contributed by atoms with van der Waals surface area (Å²) < 4.78 is 0.945. The van der Waals surface area contributed by atoms with Gasteiger partial charge in [0.1, 0.15) is 0 Å². The molecule has 2 rings (SSSR count). The predicted octanol–water partition coefficient (Wildman–Crippen LogP) is 3.80. The van der Waals surface area contributed by atoms with E-state index in [1.54, 1.807) is 18.3 Å². The molecule has 0 saturated heterocycles. The van der Waals surface area contributed by atoms with Crippen molar-refractivity contribution >= 4 is 28.1 Å². The highest BCUT2D eigenvalue weighted by atomic mass is 79.9. The first-order chi connectivity index (χ1) is 9.75. The van der Waals surface area contributed by atoms with Crippen molar-refractivity contribution in [3.05, 3.63) is 70.2 Å². The molecule has 1 N–H and O–H groups in total. The van der Waals surface area contributed by atoms with Gasteiger partial charge in [0.15, 0.2) is 0 Å². The minimum atomic E-state index is -0.200. The highest BCUT2D eigenvalue weighted by Gasteiger charge is 2.02. The Bertz CT molecular complexity index is 579. The van der Waals surface area contributed by atoms with Crippen LogP contribution < -0.4 is 5.43 Å². The van der Waals surface area contributed by atoms with E-state index in [4.69, 9.17) is 0 Å². The first kappa shape index (κ1) is 14.5. The fourth-order valence-corrected chi connectivity index (χ4v) is 1.97. The Labute approximate surface area is 126 Å². The van der Waals surface area contributed by atoms with Gasteiger partial charge in [-0.1, -0.05) is 46.3 Å². The van der Waals surface area contributed by atoms with E-state index in [9.17, 15) is 4.79 Å². The summed E-state index contributed by atoms with van der Waals surface area (Å²) in [5.41, 5.74) is 4.37. The van der Waals surface area contributed by atoms with Crippen molar-refractivity contribution in [3.8, 4) is 0 Å². The van der Waals surface area contributed by atoms with E-state index in [0.29, 0.717) is 5.56 Å². The maximum atomic E-state index is 11.7. The summed E-state index contributed by atoms with van der Waals surface area (Å²) in [5.74, 6) is -0.200. The van der Waals surface area contributed by atoms with E-state index in [2.05, 4.69) is 38.6 Å². The van der Waals surface area contributed by atoms with Crippen molar-refractivity contribution in [2.75, 3.05) is 0 Å². The summed E-state index contributed by atoms with van der Waals surface area (Å²) in [6.07, 6.45) is 3.44. The third-order valence-corrected chi connectivity index (χ3v) is 3.30. The Morgan fingerprint density at radius 2 is 1.80 bits per heavy atom. The van der Waals surface area contributed by atoms with Crippen molar-refractivity contribution in [2.45, 2.75) is 12.8 Å². The van der Waals surface area contributed by atoms with E-state index in [1.807, 2.05) is 30.3 Å². The van der Waals surface area contributed by atoms with Crippen LogP contribution in [0.4, 0.5) is 0 Å². The molecule has 0 radical (unpaired) electrons. The second kappa shape index (κ2) is 7.60. The number of halogens is 1. The molecule has 0 heterocycles. The van der Waals surface area contributed by atoms with Crippen LogP contribution in [-0.2, 0) is 6.42 Å². The van der Waals surface area contributed by atoms with Gasteiger partial charge in [-0.3, -0.25) is 4.79 Å². The number of hydrogen-bond acceptors (Lipinski definition) is 2. The number of carbonyl (C=O) groups excluding carboxylic acids is 1. The Morgan fingerprint density at radius 3 is 2.50 bits per heavy atom.